The summed E-state index contributed by atoms with van der Waals surface area (Å²) >= 11 is 0. The minimum atomic E-state index is -1.29. The minimum absolute atomic E-state index is 0.0102. The van der Waals surface area contributed by atoms with Crippen LogP contribution in [0.1, 0.15) is 175 Å². The lowest BCUT2D eigenvalue weighted by atomic mass is 9.42. The normalized spacial score (nSPS) is 38.4. The predicted molar refractivity (Wildman–Crippen MR) is 193 cm³/mol. The van der Waals surface area contributed by atoms with Crippen LogP contribution in [-0.4, -0.2) is 50.0 Å². The molecule has 0 aromatic rings. The lowest BCUT2D eigenvalue weighted by Gasteiger charge is -2.64. The molecule has 48 heavy (non-hydrogen) atoms. The molecule has 0 saturated heterocycles. The standard InChI is InChI=1S/C42H72O6/c1-5-6-7-8-9-10-11-12-13-14-15-16-17-18-19-20-36(44)42(48)26-25-40(3)31(29-42)27-35(43)39-33-23-22-32(30(2)21-24-38(46)47)41(33,4)37(45)28-34(39)40/h12-13,30-35,37,39,43,45,48H,5-11,14-29H2,1-4H3,(H,46,47)/b13-12-/t30-,31-,32-,33+,34+,35-,37+,39+,40+,41-,42-/m1/s1. The number of carboxylic acid groups (broad SMARTS) is 1. The maximum Gasteiger partial charge on any atom is 0.303 e. The molecule has 0 amide bonds. The Bertz CT molecular complexity index is 1060. The maximum absolute atomic E-state index is 13.4. The first-order chi connectivity index (χ1) is 22.9. The molecule has 0 radical (unpaired) electrons. The fraction of sp³-hybridized carbons (Fsp3) is 0.905. The van der Waals surface area contributed by atoms with Gasteiger partial charge >= 0.3 is 5.97 Å². The molecule has 4 N–H and O–H groups in total. The third kappa shape index (κ3) is 8.97. The Morgan fingerprint density at radius 1 is 0.812 bits per heavy atom. The van der Waals surface area contributed by atoms with Crippen LogP contribution in [0.15, 0.2) is 12.2 Å². The number of fused-ring (bicyclic) bond motifs is 5. The Morgan fingerprint density at radius 3 is 2.08 bits per heavy atom. The summed E-state index contributed by atoms with van der Waals surface area (Å²) in [7, 11) is 0. The molecule has 4 fully saturated rings. The van der Waals surface area contributed by atoms with Gasteiger partial charge < -0.3 is 20.4 Å². The summed E-state index contributed by atoms with van der Waals surface area (Å²) in [5.41, 5.74) is -1.73. The van der Waals surface area contributed by atoms with Gasteiger partial charge in [0.1, 0.15) is 5.60 Å². The highest BCUT2D eigenvalue weighted by molar-refractivity contribution is 5.87. The van der Waals surface area contributed by atoms with Crippen molar-refractivity contribution in [2.24, 2.45) is 46.3 Å². The molecule has 0 unspecified atom stereocenters. The fourth-order valence-electron chi connectivity index (χ4n) is 11.5. The molecule has 0 heterocycles. The van der Waals surface area contributed by atoms with Gasteiger partial charge in [0.2, 0.25) is 0 Å². The molecule has 0 aliphatic heterocycles. The van der Waals surface area contributed by atoms with Crippen molar-refractivity contribution >= 4 is 11.8 Å². The highest BCUT2D eigenvalue weighted by Crippen LogP contribution is 2.69. The summed E-state index contributed by atoms with van der Waals surface area (Å²) in [4.78, 5) is 24.7. The van der Waals surface area contributed by atoms with Crippen molar-refractivity contribution in [3.63, 3.8) is 0 Å². The van der Waals surface area contributed by atoms with Crippen LogP contribution in [0.3, 0.4) is 0 Å². The van der Waals surface area contributed by atoms with Crippen LogP contribution in [0.4, 0.5) is 0 Å². The summed E-state index contributed by atoms with van der Waals surface area (Å²) in [5, 5.41) is 44.5. The van der Waals surface area contributed by atoms with Gasteiger partial charge in [0.25, 0.3) is 0 Å². The van der Waals surface area contributed by atoms with Crippen LogP contribution in [0.25, 0.3) is 0 Å². The minimum Gasteiger partial charge on any atom is -0.481 e. The number of allylic oxidation sites excluding steroid dienone is 2. The number of carbonyl (C=O) groups excluding carboxylic acids is 1. The smallest absolute Gasteiger partial charge is 0.303 e. The third-order valence-electron chi connectivity index (χ3n) is 14.6. The molecule has 4 aliphatic rings. The molecule has 0 aromatic carbocycles. The molecule has 6 heteroatoms. The number of rotatable bonds is 20. The van der Waals surface area contributed by atoms with Gasteiger partial charge in [0.05, 0.1) is 12.2 Å². The summed E-state index contributed by atoms with van der Waals surface area (Å²) in [6.07, 6.45) is 25.6. The van der Waals surface area contributed by atoms with Gasteiger partial charge in [0.15, 0.2) is 5.78 Å². The highest BCUT2D eigenvalue weighted by Gasteiger charge is 2.66. The number of aliphatic hydroxyl groups excluding tert-OH is 2. The summed E-state index contributed by atoms with van der Waals surface area (Å²) < 4.78 is 0. The number of unbranched alkanes of at least 4 members (excludes halogenated alkanes) is 11. The number of carbonyl (C=O) groups is 2. The lowest BCUT2D eigenvalue weighted by Crippen LogP contribution is -2.63. The van der Waals surface area contributed by atoms with E-state index >= 15 is 0 Å². The number of carboxylic acids is 1. The van der Waals surface area contributed by atoms with Crippen molar-refractivity contribution in [3.8, 4) is 0 Å². The molecule has 0 bridgehead atoms. The molecule has 0 spiro atoms. The molecular formula is C42H72O6. The van der Waals surface area contributed by atoms with Crippen LogP contribution < -0.4 is 0 Å². The van der Waals surface area contributed by atoms with Crippen molar-refractivity contribution in [1.82, 2.24) is 0 Å². The van der Waals surface area contributed by atoms with E-state index in [9.17, 15) is 30.0 Å². The Labute approximate surface area is 292 Å². The Morgan fingerprint density at radius 2 is 1.44 bits per heavy atom. The highest BCUT2D eigenvalue weighted by atomic mass is 16.4. The molecule has 6 nitrogen and oxygen atoms in total. The van der Waals surface area contributed by atoms with E-state index in [1.165, 1.54) is 57.8 Å². The number of aliphatic carboxylic acids is 1. The van der Waals surface area contributed by atoms with E-state index in [4.69, 9.17) is 0 Å². The van der Waals surface area contributed by atoms with Gasteiger partial charge in [-0.25, -0.2) is 0 Å². The van der Waals surface area contributed by atoms with E-state index in [-0.39, 0.29) is 58.5 Å². The maximum atomic E-state index is 13.4. The molecule has 4 saturated carbocycles. The number of hydrogen-bond donors (Lipinski definition) is 4. The van der Waals surface area contributed by atoms with E-state index < -0.39 is 23.8 Å². The fourth-order valence-corrected chi connectivity index (χ4v) is 11.5. The van der Waals surface area contributed by atoms with Crippen LogP contribution in [0.2, 0.25) is 0 Å². The number of aliphatic hydroxyl groups is 3. The van der Waals surface area contributed by atoms with E-state index in [2.05, 4.69) is 39.8 Å². The number of Topliss-reactive ketones (excluding diaryl/α,β-unsaturated/α-hetero) is 1. The zero-order valence-electron chi connectivity index (χ0n) is 31.1. The zero-order chi connectivity index (χ0) is 35.0. The average molecular weight is 673 g/mol. The van der Waals surface area contributed by atoms with E-state index in [1.54, 1.807) is 0 Å². The molecule has 4 aliphatic carbocycles. The molecule has 11 atom stereocenters. The van der Waals surface area contributed by atoms with Crippen molar-refractivity contribution in [2.75, 3.05) is 0 Å². The third-order valence-corrected chi connectivity index (χ3v) is 14.6. The van der Waals surface area contributed by atoms with Crippen molar-refractivity contribution in [1.29, 1.82) is 0 Å². The second-order valence-corrected chi connectivity index (χ2v) is 17.5. The molecule has 276 valence electrons. The first-order valence-electron chi connectivity index (χ1n) is 20.4. The van der Waals surface area contributed by atoms with E-state index in [0.29, 0.717) is 38.5 Å². The van der Waals surface area contributed by atoms with Gasteiger partial charge in [-0.1, -0.05) is 91.2 Å². The van der Waals surface area contributed by atoms with Crippen LogP contribution in [0.5, 0.6) is 0 Å². The summed E-state index contributed by atoms with van der Waals surface area (Å²) in [6.45, 7) is 8.93. The number of ketones is 1. The van der Waals surface area contributed by atoms with Crippen molar-refractivity contribution < 1.29 is 30.0 Å². The molecule has 0 aromatic heterocycles. The average Bonchev–Trinajstić information content (AvgIpc) is 3.41. The van der Waals surface area contributed by atoms with Crippen molar-refractivity contribution in [2.45, 2.75) is 193 Å². The second-order valence-electron chi connectivity index (χ2n) is 17.5. The van der Waals surface area contributed by atoms with E-state index in [1.807, 2.05) is 0 Å². The Balaban J connectivity index is 1.21. The second kappa shape index (κ2) is 17.8. The largest absolute Gasteiger partial charge is 0.481 e. The topological polar surface area (TPSA) is 115 Å². The zero-order valence-corrected chi connectivity index (χ0v) is 31.1. The van der Waals surface area contributed by atoms with Crippen LogP contribution in [-0.2, 0) is 9.59 Å². The Kier molecular flexibility index (Phi) is 14.7. The predicted octanol–water partition coefficient (Wildman–Crippen LogP) is 9.43. The SMILES string of the molecule is CCCCCCCC/C=C\CCCCCCCC(=O)[C@@]1(O)CC[C@@]2(C)[C@H](C[C@@H](O)[C@@H]3[C@@H]2C[C@H](O)[C@]2(C)[C@@H]([C@H](C)CCC(=O)O)CC[C@@H]32)C1. The van der Waals surface area contributed by atoms with Gasteiger partial charge in [-0.15, -0.1) is 0 Å². The van der Waals surface area contributed by atoms with Gasteiger partial charge in [-0.3, -0.25) is 9.59 Å². The van der Waals surface area contributed by atoms with Crippen molar-refractivity contribution in [3.05, 3.63) is 12.2 Å². The monoisotopic (exact) mass is 673 g/mol. The van der Waals surface area contributed by atoms with Gasteiger partial charge in [0, 0.05) is 12.8 Å². The first-order valence-corrected chi connectivity index (χ1v) is 20.4. The summed E-state index contributed by atoms with van der Waals surface area (Å²) in [5.74, 6) is 0.227. The number of hydrogen-bond acceptors (Lipinski definition) is 5. The van der Waals surface area contributed by atoms with Gasteiger partial charge in [-0.2, -0.15) is 0 Å². The quantitative estimate of drug-likeness (QED) is 0.0757. The molecular weight excluding hydrogens is 600 g/mol. The van der Waals surface area contributed by atoms with Gasteiger partial charge in [-0.05, 0) is 130 Å². The lowest BCUT2D eigenvalue weighted by molar-refractivity contribution is -0.215. The first kappa shape index (κ1) is 39.5. The Hall–Kier alpha value is -1.24. The van der Waals surface area contributed by atoms with Crippen LogP contribution >= 0.6 is 0 Å². The van der Waals surface area contributed by atoms with Crippen LogP contribution in [0, 0.1) is 46.3 Å². The summed E-state index contributed by atoms with van der Waals surface area (Å²) in [6, 6.07) is 0. The van der Waals surface area contributed by atoms with E-state index in [0.717, 1.165) is 44.9 Å². The molecule has 4 rings (SSSR count).